The van der Waals surface area contributed by atoms with Crippen molar-refractivity contribution in [2.24, 2.45) is 34.5 Å². The highest BCUT2D eigenvalue weighted by molar-refractivity contribution is 5.21. The fraction of sp³-hybridized carbons (Fsp3) is 1.00. The number of hydrogen-bond acceptors (Lipinski definition) is 0. The molecular formula is C14H22. The van der Waals surface area contributed by atoms with E-state index >= 15 is 0 Å². The Balaban J connectivity index is 1.76. The van der Waals surface area contributed by atoms with E-state index in [1.54, 1.807) is 38.5 Å². The van der Waals surface area contributed by atoms with E-state index in [2.05, 4.69) is 13.8 Å². The van der Waals surface area contributed by atoms with Crippen molar-refractivity contribution in [3.8, 4) is 0 Å². The van der Waals surface area contributed by atoms with Crippen LogP contribution in [0.1, 0.15) is 52.4 Å². The Kier molecular flexibility index (Phi) is 1.22. The van der Waals surface area contributed by atoms with E-state index in [0.29, 0.717) is 0 Å². The van der Waals surface area contributed by atoms with Crippen molar-refractivity contribution in [3.63, 3.8) is 0 Å². The molecule has 0 unspecified atom stereocenters. The molecule has 4 bridgehead atoms. The average molecular weight is 190 g/mol. The Morgan fingerprint density at radius 3 is 1.57 bits per heavy atom. The lowest BCUT2D eigenvalue weighted by Gasteiger charge is -2.56. The molecule has 5 saturated carbocycles. The van der Waals surface area contributed by atoms with Gasteiger partial charge in [-0.1, -0.05) is 13.8 Å². The molecule has 1 spiro atoms. The van der Waals surface area contributed by atoms with E-state index in [4.69, 9.17) is 0 Å². The van der Waals surface area contributed by atoms with Gasteiger partial charge in [-0.3, -0.25) is 0 Å². The minimum absolute atomic E-state index is 0.718. The molecule has 0 aromatic heterocycles. The predicted molar refractivity (Wildman–Crippen MR) is 57.9 cm³/mol. The topological polar surface area (TPSA) is 0 Å². The van der Waals surface area contributed by atoms with Crippen LogP contribution in [0.3, 0.4) is 0 Å². The van der Waals surface area contributed by atoms with Gasteiger partial charge in [0.25, 0.3) is 0 Å². The van der Waals surface area contributed by atoms with Crippen molar-refractivity contribution in [3.05, 3.63) is 0 Å². The molecule has 5 aliphatic rings. The maximum Gasteiger partial charge on any atom is -0.0184 e. The smallest absolute Gasteiger partial charge is 0.0184 e. The summed E-state index contributed by atoms with van der Waals surface area (Å²) in [6.45, 7) is 5.07. The van der Waals surface area contributed by atoms with Gasteiger partial charge >= 0.3 is 0 Å². The third kappa shape index (κ3) is 0.717. The second-order valence-electron chi connectivity index (χ2n) is 7.41. The summed E-state index contributed by atoms with van der Waals surface area (Å²) < 4.78 is 0. The van der Waals surface area contributed by atoms with E-state index in [0.717, 1.165) is 34.5 Å². The summed E-state index contributed by atoms with van der Waals surface area (Å²) in [6, 6.07) is 0. The van der Waals surface area contributed by atoms with Crippen molar-refractivity contribution in [1.82, 2.24) is 0 Å². The van der Waals surface area contributed by atoms with E-state index < -0.39 is 0 Å². The van der Waals surface area contributed by atoms with Crippen LogP contribution in [-0.2, 0) is 0 Å². The monoisotopic (exact) mass is 190 g/mol. The molecular weight excluding hydrogens is 168 g/mol. The minimum atomic E-state index is 0.718. The molecule has 0 heterocycles. The van der Waals surface area contributed by atoms with E-state index in [1.165, 1.54) is 0 Å². The SMILES string of the molecule is CC1(C)CC12C1CC3CC(C1)CC2C3. The van der Waals surface area contributed by atoms with Gasteiger partial charge in [0.15, 0.2) is 0 Å². The van der Waals surface area contributed by atoms with Crippen molar-refractivity contribution in [2.75, 3.05) is 0 Å². The van der Waals surface area contributed by atoms with Crippen molar-refractivity contribution in [2.45, 2.75) is 52.4 Å². The number of rotatable bonds is 0. The van der Waals surface area contributed by atoms with Crippen LogP contribution in [0.2, 0.25) is 0 Å². The van der Waals surface area contributed by atoms with Crippen molar-refractivity contribution >= 4 is 0 Å². The molecule has 0 heteroatoms. The fourth-order valence-electron chi connectivity index (χ4n) is 6.11. The van der Waals surface area contributed by atoms with Gasteiger partial charge in [-0.25, -0.2) is 0 Å². The van der Waals surface area contributed by atoms with Gasteiger partial charge in [-0.15, -0.1) is 0 Å². The van der Waals surface area contributed by atoms with Gasteiger partial charge in [0.1, 0.15) is 0 Å². The molecule has 5 fully saturated rings. The molecule has 0 atom stereocenters. The molecule has 14 heavy (non-hydrogen) atoms. The Labute approximate surface area is 87.5 Å². The first-order valence-corrected chi connectivity index (χ1v) is 6.62. The van der Waals surface area contributed by atoms with E-state index in [-0.39, 0.29) is 0 Å². The van der Waals surface area contributed by atoms with E-state index in [1.807, 2.05) is 0 Å². The Bertz CT molecular complexity index is 258. The standard InChI is InChI=1S/C14H22/c1-13(2)8-14(13)11-4-9-3-10(6-11)7-12(14)5-9/h9-12H,3-8H2,1-2H3. The summed E-state index contributed by atoms with van der Waals surface area (Å²) in [7, 11) is 0. The van der Waals surface area contributed by atoms with Crippen LogP contribution in [0.4, 0.5) is 0 Å². The summed E-state index contributed by atoms with van der Waals surface area (Å²) in [5, 5.41) is 0. The molecule has 0 N–H and O–H groups in total. The summed E-state index contributed by atoms with van der Waals surface area (Å²) >= 11 is 0. The third-order valence-electron chi connectivity index (χ3n) is 6.46. The lowest BCUT2D eigenvalue weighted by atomic mass is 9.48. The zero-order chi connectivity index (χ0) is 9.55. The summed E-state index contributed by atoms with van der Waals surface area (Å²) in [4.78, 5) is 0. The van der Waals surface area contributed by atoms with Gasteiger partial charge < -0.3 is 0 Å². The van der Waals surface area contributed by atoms with Crippen LogP contribution < -0.4 is 0 Å². The maximum absolute atomic E-state index is 2.54. The molecule has 0 radical (unpaired) electrons. The highest BCUT2D eigenvalue weighted by Crippen LogP contribution is 2.80. The number of hydrogen-bond donors (Lipinski definition) is 0. The van der Waals surface area contributed by atoms with Crippen LogP contribution in [0, 0.1) is 34.5 Å². The van der Waals surface area contributed by atoms with Crippen LogP contribution in [-0.4, -0.2) is 0 Å². The third-order valence-corrected chi connectivity index (χ3v) is 6.46. The highest BCUT2D eigenvalue weighted by atomic mass is 14.8. The minimum Gasteiger partial charge on any atom is -0.0593 e. The zero-order valence-electron chi connectivity index (χ0n) is 9.55. The van der Waals surface area contributed by atoms with Crippen molar-refractivity contribution < 1.29 is 0 Å². The first-order chi connectivity index (χ1) is 6.62. The van der Waals surface area contributed by atoms with Gasteiger partial charge in [0.05, 0.1) is 0 Å². The quantitative estimate of drug-likeness (QED) is 0.544. The Morgan fingerprint density at radius 2 is 1.21 bits per heavy atom. The molecule has 0 saturated heterocycles. The molecule has 0 aliphatic heterocycles. The van der Waals surface area contributed by atoms with Crippen molar-refractivity contribution in [1.29, 1.82) is 0 Å². The largest absolute Gasteiger partial charge is 0.0593 e. The average Bonchev–Trinajstić information content (AvgIpc) is 2.65. The summed E-state index contributed by atoms with van der Waals surface area (Å²) in [5.41, 5.74) is 1.57. The lowest BCUT2D eigenvalue weighted by molar-refractivity contribution is -0.0688. The highest BCUT2D eigenvalue weighted by Gasteiger charge is 2.72. The van der Waals surface area contributed by atoms with Gasteiger partial charge in [-0.05, 0) is 73.0 Å². The fourth-order valence-corrected chi connectivity index (χ4v) is 6.11. The molecule has 0 aromatic rings. The molecule has 0 aromatic carbocycles. The second-order valence-corrected chi connectivity index (χ2v) is 7.41. The summed E-state index contributed by atoms with van der Waals surface area (Å²) in [5.74, 6) is 4.60. The van der Waals surface area contributed by atoms with Crippen LogP contribution in [0.15, 0.2) is 0 Å². The maximum atomic E-state index is 2.54. The second kappa shape index (κ2) is 2.08. The molecule has 0 amide bonds. The predicted octanol–water partition coefficient (Wildman–Crippen LogP) is 3.86. The first kappa shape index (κ1) is 8.19. The molecule has 5 rings (SSSR count). The normalized spacial score (nSPS) is 62.1. The van der Waals surface area contributed by atoms with Gasteiger partial charge in [0.2, 0.25) is 0 Å². The lowest BCUT2D eigenvalue weighted by Crippen LogP contribution is -2.48. The van der Waals surface area contributed by atoms with Crippen LogP contribution in [0.25, 0.3) is 0 Å². The van der Waals surface area contributed by atoms with Crippen LogP contribution in [0.5, 0.6) is 0 Å². The Morgan fingerprint density at radius 1 is 0.786 bits per heavy atom. The molecule has 0 nitrogen and oxygen atoms in total. The molecule has 5 aliphatic carbocycles. The Hall–Kier alpha value is 0. The van der Waals surface area contributed by atoms with E-state index in [9.17, 15) is 0 Å². The first-order valence-electron chi connectivity index (χ1n) is 6.62. The zero-order valence-corrected chi connectivity index (χ0v) is 9.55. The molecule has 78 valence electrons. The van der Waals surface area contributed by atoms with Gasteiger partial charge in [0, 0.05) is 0 Å². The van der Waals surface area contributed by atoms with Crippen LogP contribution >= 0.6 is 0 Å². The van der Waals surface area contributed by atoms with Gasteiger partial charge in [-0.2, -0.15) is 0 Å². The summed E-state index contributed by atoms with van der Waals surface area (Å²) in [6.07, 6.45) is 9.60.